The molecule has 2 aliphatic rings. The highest BCUT2D eigenvalue weighted by Gasteiger charge is 2.46. The van der Waals surface area contributed by atoms with Crippen LogP contribution in [0, 0.1) is 5.92 Å². The normalized spacial score (nSPS) is 20.6. The zero-order valence-corrected chi connectivity index (χ0v) is 20.7. The van der Waals surface area contributed by atoms with Crippen LogP contribution in [0.25, 0.3) is 0 Å². The number of ether oxygens (including phenoxy) is 3. The van der Waals surface area contributed by atoms with E-state index >= 15 is 0 Å². The first-order chi connectivity index (χ1) is 16.4. The summed E-state index contributed by atoms with van der Waals surface area (Å²) in [7, 11) is 4.79. The molecule has 8 nitrogen and oxygen atoms in total. The van der Waals surface area contributed by atoms with Gasteiger partial charge in [0.1, 0.15) is 0 Å². The Kier molecular flexibility index (Phi) is 7.11. The Bertz CT molecular complexity index is 1060. The van der Waals surface area contributed by atoms with Crippen molar-refractivity contribution in [1.82, 2.24) is 9.80 Å². The lowest BCUT2D eigenvalue weighted by Crippen LogP contribution is -2.49. The number of likely N-dealkylation sites (N-methyl/N-ethyl adjacent to an activating group) is 1. The smallest absolute Gasteiger partial charge is 0.309 e. The molecule has 182 valence electrons. The third-order valence-electron chi connectivity index (χ3n) is 6.70. The molecule has 0 spiro atoms. The fourth-order valence-corrected chi connectivity index (χ4v) is 5.83. The average molecular weight is 487 g/mol. The van der Waals surface area contributed by atoms with E-state index in [-0.39, 0.29) is 23.7 Å². The standard InChI is InChI=1S/C25H30N2O6S/c1-5-33-25(30)15-8-10-27(11-9-15)24(29)21-16-13-18(31-3)19(32-4)14-17(16)23(28)26(2)22(21)20-7-6-12-34-20/h6-7,12-15,21-22H,5,8-11H2,1-4H3/t21-,22-/m1/s1. The molecule has 0 bridgehead atoms. The third-order valence-corrected chi connectivity index (χ3v) is 7.64. The van der Waals surface area contributed by atoms with Crippen LogP contribution in [0.1, 0.15) is 52.5 Å². The summed E-state index contributed by atoms with van der Waals surface area (Å²) in [5.74, 6) is -0.301. The van der Waals surface area contributed by atoms with Crippen LogP contribution in [0.5, 0.6) is 11.5 Å². The summed E-state index contributed by atoms with van der Waals surface area (Å²) in [6.45, 7) is 3.08. The third kappa shape index (κ3) is 4.24. The number of fused-ring (bicyclic) bond motifs is 1. The predicted octanol–water partition coefficient (Wildman–Crippen LogP) is 3.48. The molecule has 2 atom stereocenters. The SMILES string of the molecule is CCOC(=O)C1CCN(C(=O)[C@@H]2c3cc(OC)c(OC)cc3C(=O)N(C)[C@@H]2c2cccs2)CC1. The van der Waals surface area contributed by atoms with E-state index in [1.807, 2.05) is 22.4 Å². The largest absolute Gasteiger partial charge is 0.493 e. The van der Waals surface area contributed by atoms with E-state index in [2.05, 4.69) is 0 Å². The number of thiophene rings is 1. The first kappa shape index (κ1) is 24.1. The number of hydrogen-bond acceptors (Lipinski definition) is 7. The van der Waals surface area contributed by atoms with Gasteiger partial charge in [-0.1, -0.05) is 6.07 Å². The van der Waals surface area contributed by atoms with Crippen LogP contribution in [0.2, 0.25) is 0 Å². The van der Waals surface area contributed by atoms with Gasteiger partial charge < -0.3 is 24.0 Å². The van der Waals surface area contributed by atoms with Crippen LogP contribution in [-0.4, -0.2) is 68.5 Å². The van der Waals surface area contributed by atoms with Gasteiger partial charge in [-0.05, 0) is 48.9 Å². The van der Waals surface area contributed by atoms with E-state index in [9.17, 15) is 14.4 Å². The molecule has 0 N–H and O–H groups in total. The Balaban J connectivity index is 1.72. The molecule has 1 aromatic carbocycles. The van der Waals surface area contributed by atoms with Crippen molar-refractivity contribution in [1.29, 1.82) is 0 Å². The maximum atomic E-state index is 14.0. The second kappa shape index (κ2) is 10.0. The minimum Gasteiger partial charge on any atom is -0.493 e. The van der Waals surface area contributed by atoms with Gasteiger partial charge in [-0.2, -0.15) is 0 Å². The molecular formula is C25H30N2O6S. The number of hydrogen-bond donors (Lipinski definition) is 0. The minimum absolute atomic E-state index is 0.0615. The number of carbonyl (C=O) groups excluding carboxylic acids is 3. The van der Waals surface area contributed by atoms with Gasteiger partial charge in [0.05, 0.1) is 38.7 Å². The predicted molar refractivity (Wildman–Crippen MR) is 127 cm³/mol. The zero-order valence-electron chi connectivity index (χ0n) is 19.9. The van der Waals surface area contributed by atoms with E-state index in [1.54, 1.807) is 31.0 Å². The Morgan fingerprint density at radius 1 is 1.12 bits per heavy atom. The lowest BCUT2D eigenvalue weighted by Gasteiger charge is -2.42. The van der Waals surface area contributed by atoms with Crippen molar-refractivity contribution in [3.05, 3.63) is 45.6 Å². The average Bonchev–Trinajstić information content (AvgIpc) is 3.39. The van der Waals surface area contributed by atoms with Gasteiger partial charge in [-0.15, -0.1) is 11.3 Å². The van der Waals surface area contributed by atoms with E-state index in [1.165, 1.54) is 25.6 Å². The summed E-state index contributed by atoms with van der Waals surface area (Å²) in [4.78, 5) is 44.0. The van der Waals surface area contributed by atoms with Crippen molar-refractivity contribution in [2.75, 3.05) is 41.0 Å². The number of benzene rings is 1. The fraction of sp³-hybridized carbons (Fsp3) is 0.480. The molecule has 0 unspecified atom stereocenters. The zero-order chi connectivity index (χ0) is 24.4. The number of rotatable bonds is 6. The van der Waals surface area contributed by atoms with Crippen LogP contribution in [0.4, 0.5) is 0 Å². The summed E-state index contributed by atoms with van der Waals surface area (Å²) >= 11 is 1.52. The van der Waals surface area contributed by atoms with E-state index in [0.29, 0.717) is 55.2 Å². The highest BCUT2D eigenvalue weighted by molar-refractivity contribution is 7.10. The number of esters is 1. The first-order valence-corrected chi connectivity index (χ1v) is 12.3. The topological polar surface area (TPSA) is 85.4 Å². The van der Waals surface area contributed by atoms with Gasteiger partial charge in [-0.25, -0.2) is 0 Å². The van der Waals surface area contributed by atoms with Crippen LogP contribution in [0.15, 0.2) is 29.6 Å². The first-order valence-electron chi connectivity index (χ1n) is 11.4. The number of piperidine rings is 1. The van der Waals surface area contributed by atoms with Crippen molar-refractivity contribution in [3.63, 3.8) is 0 Å². The molecular weight excluding hydrogens is 456 g/mol. The van der Waals surface area contributed by atoms with Crippen LogP contribution >= 0.6 is 11.3 Å². The highest BCUT2D eigenvalue weighted by Crippen LogP contribution is 2.47. The summed E-state index contributed by atoms with van der Waals surface area (Å²) in [5, 5.41) is 1.95. The van der Waals surface area contributed by atoms with Gasteiger partial charge in [0.25, 0.3) is 5.91 Å². The number of likely N-dealkylation sites (tertiary alicyclic amines) is 1. The number of amides is 2. The lowest BCUT2D eigenvalue weighted by atomic mass is 9.80. The molecule has 34 heavy (non-hydrogen) atoms. The second-order valence-electron chi connectivity index (χ2n) is 8.50. The number of carbonyl (C=O) groups is 3. The molecule has 1 aromatic heterocycles. The summed E-state index contributed by atoms with van der Waals surface area (Å²) < 4.78 is 16.1. The van der Waals surface area contributed by atoms with E-state index < -0.39 is 12.0 Å². The Hall–Kier alpha value is -3.07. The van der Waals surface area contributed by atoms with Crippen LogP contribution in [-0.2, 0) is 14.3 Å². The fourth-order valence-electron chi connectivity index (χ4n) is 4.92. The molecule has 0 radical (unpaired) electrons. The maximum Gasteiger partial charge on any atom is 0.309 e. The molecule has 0 aliphatic carbocycles. The quantitative estimate of drug-likeness (QED) is 0.582. The van der Waals surface area contributed by atoms with E-state index in [4.69, 9.17) is 14.2 Å². The van der Waals surface area contributed by atoms with Crippen LogP contribution < -0.4 is 9.47 Å². The molecule has 0 saturated carbocycles. The monoisotopic (exact) mass is 486 g/mol. The molecule has 1 saturated heterocycles. The molecule has 2 aliphatic heterocycles. The Morgan fingerprint density at radius 2 is 1.79 bits per heavy atom. The molecule has 2 aromatic rings. The minimum atomic E-state index is -0.602. The summed E-state index contributed by atoms with van der Waals surface area (Å²) in [5.41, 5.74) is 1.07. The Labute approximate surface area is 203 Å². The molecule has 3 heterocycles. The number of methoxy groups -OCH3 is 2. The van der Waals surface area contributed by atoms with Gasteiger partial charge in [0, 0.05) is 30.6 Å². The highest BCUT2D eigenvalue weighted by atomic mass is 32.1. The molecule has 2 amide bonds. The van der Waals surface area contributed by atoms with Gasteiger partial charge in [0.15, 0.2) is 11.5 Å². The van der Waals surface area contributed by atoms with E-state index in [0.717, 1.165) is 4.88 Å². The van der Waals surface area contributed by atoms with Crippen LogP contribution in [0.3, 0.4) is 0 Å². The van der Waals surface area contributed by atoms with Crippen molar-refractivity contribution in [2.45, 2.75) is 31.7 Å². The lowest BCUT2D eigenvalue weighted by molar-refractivity contribution is -0.151. The van der Waals surface area contributed by atoms with Crippen molar-refractivity contribution in [2.24, 2.45) is 5.92 Å². The summed E-state index contributed by atoms with van der Waals surface area (Å²) in [6, 6.07) is 6.86. The van der Waals surface area contributed by atoms with Crippen molar-refractivity contribution >= 4 is 29.1 Å². The number of nitrogens with zero attached hydrogens (tertiary/aromatic N) is 2. The maximum absolute atomic E-state index is 14.0. The molecule has 1 fully saturated rings. The molecule has 4 rings (SSSR count). The van der Waals surface area contributed by atoms with Gasteiger partial charge >= 0.3 is 5.97 Å². The van der Waals surface area contributed by atoms with Crippen molar-refractivity contribution in [3.8, 4) is 11.5 Å². The molecule has 9 heteroatoms. The summed E-state index contributed by atoms with van der Waals surface area (Å²) in [6.07, 6.45) is 1.13. The van der Waals surface area contributed by atoms with Gasteiger partial charge in [0.2, 0.25) is 5.91 Å². The van der Waals surface area contributed by atoms with Gasteiger partial charge in [-0.3, -0.25) is 14.4 Å². The second-order valence-corrected chi connectivity index (χ2v) is 9.48. The Morgan fingerprint density at radius 3 is 2.38 bits per heavy atom. The van der Waals surface area contributed by atoms with Crippen molar-refractivity contribution < 1.29 is 28.6 Å².